The molecule has 134 valence electrons. The third kappa shape index (κ3) is 4.55. The van der Waals surface area contributed by atoms with Crippen LogP contribution >= 0.6 is 0 Å². The minimum absolute atomic E-state index is 0.0646. The van der Waals surface area contributed by atoms with Crippen LogP contribution in [0.15, 0.2) is 47.6 Å². The first-order chi connectivity index (χ1) is 11.9. The Morgan fingerprint density at radius 3 is 2.92 bits per heavy atom. The molecule has 8 heteroatoms. The molecule has 0 saturated heterocycles. The Morgan fingerprint density at radius 1 is 1.36 bits per heavy atom. The highest BCUT2D eigenvalue weighted by atomic mass is 32.2. The third-order valence-electron chi connectivity index (χ3n) is 4.14. The number of benzene rings is 1. The average molecular weight is 364 g/mol. The molecule has 0 amide bonds. The average Bonchev–Trinajstić information content (AvgIpc) is 2.61. The molecule has 0 aliphatic carbocycles. The second-order valence-electron chi connectivity index (χ2n) is 5.98. The van der Waals surface area contributed by atoms with Gasteiger partial charge in [-0.2, -0.15) is 8.42 Å². The minimum atomic E-state index is -4.20. The SMILES string of the molecule is O=S(=O)(O)c1ccc2c(c1)CC[C@@H](CNC[C@@H](O)c1cccnc1)O2. The van der Waals surface area contributed by atoms with Gasteiger partial charge in [-0.15, -0.1) is 0 Å². The van der Waals surface area contributed by atoms with Crippen molar-refractivity contribution in [3.63, 3.8) is 0 Å². The van der Waals surface area contributed by atoms with E-state index in [1.54, 1.807) is 24.5 Å². The molecule has 1 aliphatic rings. The number of fused-ring (bicyclic) bond motifs is 1. The van der Waals surface area contributed by atoms with Crippen molar-refractivity contribution in [3.8, 4) is 5.75 Å². The van der Waals surface area contributed by atoms with E-state index in [1.165, 1.54) is 12.1 Å². The molecule has 0 spiro atoms. The number of rotatable bonds is 6. The molecule has 7 nitrogen and oxygen atoms in total. The zero-order chi connectivity index (χ0) is 17.9. The monoisotopic (exact) mass is 364 g/mol. The number of pyridine rings is 1. The van der Waals surface area contributed by atoms with Gasteiger partial charge < -0.3 is 15.2 Å². The maximum absolute atomic E-state index is 11.2. The molecule has 0 bridgehead atoms. The molecule has 0 saturated carbocycles. The highest BCUT2D eigenvalue weighted by molar-refractivity contribution is 7.85. The summed E-state index contributed by atoms with van der Waals surface area (Å²) in [5.41, 5.74) is 1.52. The van der Waals surface area contributed by atoms with Gasteiger partial charge in [0.25, 0.3) is 10.1 Å². The molecule has 0 fully saturated rings. The van der Waals surface area contributed by atoms with E-state index in [1.807, 2.05) is 6.07 Å². The van der Waals surface area contributed by atoms with Crippen LogP contribution in [0.5, 0.6) is 5.75 Å². The van der Waals surface area contributed by atoms with Crippen molar-refractivity contribution >= 4 is 10.1 Å². The first-order valence-corrected chi connectivity index (χ1v) is 9.43. The molecule has 1 aromatic carbocycles. The Bertz CT molecular complexity index is 826. The summed E-state index contributed by atoms with van der Waals surface area (Å²) in [6.07, 6.45) is 3.97. The van der Waals surface area contributed by atoms with Gasteiger partial charge in [-0.25, -0.2) is 0 Å². The zero-order valence-electron chi connectivity index (χ0n) is 13.5. The number of hydrogen-bond acceptors (Lipinski definition) is 6. The molecule has 3 N–H and O–H groups in total. The second kappa shape index (κ2) is 7.49. The number of hydrogen-bond donors (Lipinski definition) is 3. The summed E-state index contributed by atoms with van der Waals surface area (Å²) in [6.45, 7) is 0.955. The standard InChI is InChI=1S/C17H20N2O5S/c20-16(13-2-1-7-18-9-13)11-19-10-14-4-3-12-8-15(25(21,22)23)5-6-17(12)24-14/h1-2,5-9,14,16,19-20H,3-4,10-11H2,(H,21,22,23)/t14-,16+/m0/s1. The predicted octanol–water partition coefficient (Wildman–Crippen LogP) is 1.35. The quantitative estimate of drug-likeness (QED) is 0.664. The fourth-order valence-corrected chi connectivity index (χ4v) is 3.33. The first-order valence-electron chi connectivity index (χ1n) is 7.99. The lowest BCUT2D eigenvalue weighted by atomic mass is 10.0. The van der Waals surface area contributed by atoms with E-state index in [2.05, 4.69) is 10.3 Å². The lowest BCUT2D eigenvalue weighted by Crippen LogP contribution is -2.36. The van der Waals surface area contributed by atoms with Gasteiger partial charge in [0, 0.05) is 31.0 Å². The van der Waals surface area contributed by atoms with E-state index in [-0.39, 0.29) is 11.0 Å². The van der Waals surface area contributed by atoms with Crippen LogP contribution in [0.2, 0.25) is 0 Å². The minimum Gasteiger partial charge on any atom is -0.489 e. The summed E-state index contributed by atoms with van der Waals surface area (Å²) in [7, 11) is -4.20. The fraction of sp³-hybridized carbons (Fsp3) is 0.353. The van der Waals surface area contributed by atoms with Crippen molar-refractivity contribution in [1.82, 2.24) is 10.3 Å². The van der Waals surface area contributed by atoms with Crippen LogP contribution < -0.4 is 10.1 Å². The van der Waals surface area contributed by atoms with Gasteiger partial charge in [0.1, 0.15) is 11.9 Å². The number of ether oxygens (including phenoxy) is 1. The van der Waals surface area contributed by atoms with Crippen LogP contribution in [0.25, 0.3) is 0 Å². The van der Waals surface area contributed by atoms with Gasteiger partial charge in [-0.1, -0.05) is 6.07 Å². The van der Waals surface area contributed by atoms with Gasteiger partial charge in [0.05, 0.1) is 11.0 Å². The van der Waals surface area contributed by atoms with E-state index in [0.717, 1.165) is 17.5 Å². The summed E-state index contributed by atoms with van der Waals surface area (Å²) in [5, 5.41) is 13.3. The van der Waals surface area contributed by atoms with Crippen molar-refractivity contribution in [2.24, 2.45) is 0 Å². The maximum Gasteiger partial charge on any atom is 0.294 e. The molecule has 0 unspecified atom stereocenters. The third-order valence-corrected chi connectivity index (χ3v) is 4.99. The molecule has 1 aromatic heterocycles. The van der Waals surface area contributed by atoms with E-state index < -0.39 is 16.2 Å². The van der Waals surface area contributed by atoms with Crippen LogP contribution in [0.4, 0.5) is 0 Å². The number of nitrogens with zero attached hydrogens (tertiary/aromatic N) is 1. The smallest absolute Gasteiger partial charge is 0.294 e. The number of aliphatic hydroxyl groups is 1. The second-order valence-corrected chi connectivity index (χ2v) is 7.41. The van der Waals surface area contributed by atoms with Crippen molar-refractivity contribution in [2.75, 3.05) is 13.1 Å². The van der Waals surface area contributed by atoms with Crippen LogP contribution in [-0.2, 0) is 16.5 Å². The molecular formula is C17H20N2O5S. The van der Waals surface area contributed by atoms with Crippen molar-refractivity contribution < 1.29 is 22.8 Å². The molecule has 25 heavy (non-hydrogen) atoms. The molecular weight excluding hydrogens is 344 g/mol. The Hall–Kier alpha value is -2.00. The van der Waals surface area contributed by atoms with Gasteiger partial charge >= 0.3 is 0 Å². The highest BCUT2D eigenvalue weighted by Crippen LogP contribution is 2.29. The number of aliphatic hydroxyl groups excluding tert-OH is 1. The van der Waals surface area contributed by atoms with Crippen LogP contribution in [0, 0.1) is 0 Å². The van der Waals surface area contributed by atoms with Crippen molar-refractivity contribution in [3.05, 3.63) is 53.9 Å². The van der Waals surface area contributed by atoms with Gasteiger partial charge in [-0.3, -0.25) is 9.54 Å². The lowest BCUT2D eigenvalue weighted by molar-refractivity contribution is 0.146. The molecule has 3 rings (SSSR count). The molecule has 2 atom stereocenters. The van der Waals surface area contributed by atoms with Gasteiger partial charge in [0.2, 0.25) is 0 Å². The van der Waals surface area contributed by atoms with E-state index >= 15 is 0 Å². The van der Waals surface area contributed by atoms with Crippen molar-refractivity contribution in [2.45, 2.75) is 29.9 Å². The Balaban J connectivity index is 1.53. The highest BCUT2D eigenvalue weighted by Gasteiger charge is 2.22. The normalized spacial score (nSPS) is 18.2. The summed E-state index contributed by atoms with van der Waals surface area (Å²) >= 11 is 0. The number of nitrogens with one attached hydrogen (secondary N) is 1. The first kappa shape index (κ1) is 17.8. The van der Waals surface area contributed by atoms with E-state index in [0.29, 0.717) is 25.3 Å². The van der Waals surface area contributed by atoms with Crippen molar-refractivity contribution in [1.29, 1.82) is 0 Å². The van der Waals surface area contributed by atoms with Crippen LogP contribution in [0.1, 0.15) is 23.7 Å². The van der Waals surface area contributed by atoms with Crippen LogP contribution in [0.3, 0.4) is 0 Å². The van der Waals surface area contributed by atoms with E-state index in [4.69, 9.17) is 9.29 Å². The largest absolute Gasteiger partial charge is 0.489 e. The summed E-state index contributed by atoms with van der Waals surface area (Å²) in [5.74, 6) is 0.623. The zero-order valence-corrected chi connectivity index (χ0v) is 14.3. The Kier molecular flexibility index (Phi) is 5.33. The Morgan fingerprint density at radius 2 is 2.20 bits per heavy atom. The fourth-order valence-electron chi connectivity index (χ4n) is 2.80. The van der Waals surface area contributed by atoms with Gasteiger partial charge in [-0.05, 0) is 42.7 Å². The molecule has 0 radical (unpaired) electrons. The Labute approximate surface area is 146 Å². The number of aryl methyl sites for hydroxylation is 1. The lowest BCUT2D eigenvalue weighted by Gasteiger charge is -2.27. The summed E-state index contributed by atoms with van der Waals surface area (Å²) in [6, 6.07) is 7.94. The number of aromatic nitrogens is 1. The van der Waals surface area contributed by atoms with Crippen LogP contribution in [-0.4, -0.2) is 42.3 Å². The summed E-state index contributed by atoms with van der Waals surface area (Å²) < 4.78 is 37.3. The summed E-state index contributed by atoms with van der Waals surface area (Å²) in [4.78, 5) is 3.86. The molecule has 2 aromatic rings. The maximum atomic E-state index is 11.2. The van der Waals surface area contributed by atoms with Gasteiger partial charge in [0.15, 0.2) is 0 Å². The predicted molar refractivity (Wildman–Crippen MR) is 91.1 cm³/mol. The molecule has 2 heterocycles. The van der Waals surface area contributed by atoms with E-state index in [9.17, 15) is 13.5 Å². The topological polar surface area (TPSA) is 109 Å². The molecule has 1 aliphatic heterocycles.